The van der Waals surface area contributed by atoms with Crippen molar-refractivity contribution in [2.45, 2.75) is 19.8 Å². The summed E-state index contributed by atoms with van der Waals surface area (Å²) in [6.07, 6.45) is 2.05. The van der Waals surface area contributed by atoms with Gasteiger partial charge in [-0.05, 0) is 55.0 Å². The molecular weight excluding hydrogens is 364 g/mol. The third-order valence-electron chi connectivity index (χ3n) is 4.53. The fraction of sp³-hybridized carbons (Fsp3) is 0.167. The van der Waals surface area contributed by atoms with Crippen LogP contribution in [0.25, 0.3) is 22.6 Å². The molecule has 0 spiro atoms. The van der Waals surface area contributed by atoms with Crippen LogP contribution in [0.1, 0.15) is 30.1 Å². The lowest BCUT2D eigenvalue weighted by molar-refractivity contribution is 0.102. The molecule has 1 amide bonds. The molecule has 1 heterocycles. The van der Waals surface area contributed by atoms with Crippen molar-refractivity contribution in [3.63, 3.8) is 0 Å². The molecule has 0 aliphatic carbocycles. The van der Waals surface area contributed by atoms with Crippen LogP contribution in [0.4, 0.5) is 5.69 Å². The molecule has 146 valence electrons. The maximum absolute atomic E-state index is 12.6. The fourth-order valence-electron chi connectivity index (χ4n) is 2.97. The smallest absolute Gasteiger partial charge is 0.255 e. The van der Waals surface area contributed by atoms with Gasteiger partial charge in [-0.25, -0.2) is 4.98 Å². The number of carbonyl (C=O) groups is 1. The first-order valence-electron chi connectivity index (χ1n) is 9.73. The minimum atomic E-state index is -0.197. The van der Waals surface area contributed by atoms with E-state index in [4.69, 9.17) is 9.15 Å². The Morgan fingerprint density at radius 1 is 1.03 bits per heavy atom. The predicted octanol–water partition coefficient (Wildman–Crippen LogP) is 5.93. The standard InChI is InChI=1S/C24H22N2O3/c1-2-3-14-28-20-11-7-10-18(15-20)23(27)25-19-12-13-22-21(16-19)26-24(29-22)17-8-5-4-6-9-17/h4-13,15-16H,2-3,14H2,1H3,(H,25,27). The van der Waals surface area contributed by atoms with E-state index in [1.54, 1.807) is 12.1 Å². The molecule has 1 N–H and O–H groups in total. The summed E-state index contributed by atoms with van der Waals surface area (Å²) in [6.45, 7) is 2.76. The number of nitrogens with zero attached hydrogens (tertiary/aromatic N) is 1. The Balaban J connectivity index is 1.50. The molecule has 5 heteroatoms. The molecule has 3 aromatic carbocycles. The lowest BCUT2D eigenvalue weighted by Crippen LogP contribution is -2.12. The number of unbranched alkanes of at least 4 members (excludes halogenated alkanes) is 1. The summed E-state index contributed by atoms with van der Waals surface area (Å²) in [5.41, 5.74) is 3.48. The van der Waals surface area contributed by atoms with Gasteiger partial charge in [0.1, 0.15) is 11.3 Å². The molecule has 0 bridgehead atoms. The zero-order valence-electron chi connectivity index (χ0n) is 16.2. The van der Waals surface area contributed by atoms with Gasteiger partial charge in [-0.3, -0.25) is 4.79 Å². The van der Waals surface area contributed by atoms with Crippen molar-refractivity contribution in [2.24, 2.45) is 0 Å². The van der Waals surface area contributed by atoms with E-state index >= 15 is 0 Å². The number of benzene rings is 3. The third-order valence-corrected chi connectivity index (χ3v) is 4.53. The second-order valence-corrected chi connectivity index (χ2v) is 6.75. The largest absolute Gasteiger partial charge is 0.494 e. The summed E-state index contributed by atoms with van der Waals surface area (Å²) >= 11 is 0. The lowest BCUT2D eigenvalue weighted by Gasteiger charge is -2.08. The van der Waals surface area contributed by atoms with E-state index in [0.717, 1.165) is 18.4 Å². The minimum absolute atomic E-state index is 0.197. The number of aromatic nitrogens is 1. The molecule has 5 nitrogen and oxygen atoms in total. The number of nitrogens with one attached hydrogen (secondary N) is 1. The van der Waals surface area contributed by atoms with Gasteiger partial charge in [0, 0.05) is 16.8 Å². The van der Waals surface area contributed by atoms with Crippen molar-refractivity contribution in [3.05, 3.63) is 78.4 Å². The molecule has 0 radical (unpaired) electrons. The summed E-state index contributed by atoms with van der Waals surface area (Å²) in [6, 6.07) is 22.4. The van der Waals surface area contributed by atoms with E-state index < -0.39 is 0 Å². The molecule has 0 atom stereocenters. The Morgan fingerprint density at radius 3 is 2.72 bits per heavy atom. The Hall–Kier alpha value is -3.60. The summed E-state index contributed by atoms with van der Waals surface area (Å²) < 4.78 is 11.5. The molecule has 0 unspecified atom stereocenters. The summed E-state index contributed by atoms with van der Waals surface area (Å²) in [5, 5.41) is 2.92. The number of ether oxygens (including phenoxy) is 1. The Labute approximate surface area is 169 Å². The van der Waals surface area contributed by atoms with E-state index in [1.807, 2.05) is 60.7 Å². The van der Waals surface area contributed by atoms with Crippen LogP contribution in [0.2, 0.25) is 0 Å². The first-order chi connectivity index (χ1) is 14.2. The molecule has 1 aromatic heterocycles. The highest BCUT2D eigenvalue weighted by Gasteiger charge is 2.11. The van der Waals surface area contributed by atoms with E-state index in [9.17, 15) is 4.79 Å². The maximum Gasteiger partial charge on any atom is 0.255 e. The molecule has 0 aliphatic heterocycles. The van der Waals surface area contributed by atoms with Gasteiger partial charge in [-0.1, -0.05) is 37.6 Å². The number of amides is 1. The third kappa shape index (κ3) is 4.46. The lowest BCUT2D eigenvalue weighted by atomic mass is 10.2. The topological polar surface area (TPSA) is 64.4 Å². The Morgan fingerprint density at radius 2 is 1.90 bits per heavy atom. The molecule has 4 rings (SSSR count). The van der Waals surface area contributed by atoms with E-state index in [2.05, 4.69) is 17.2 Å². The average Bonchev–Trinajstić information content (AvgIpc) is 3.18. The summed E-state index contributed by atoms with van der Waals surface area (Å²) in [7, 11) is 0. The highest BCUT2D eigenvalue weighted by Crippen LogP contribution is 2.26. The van der Waals surface area contributed by atoms with Crippen LogP contribution in [-0.4, -0.2) is 17.5 Å². The molecule has 4 aromatic rings. The van der Waals surface area contributed by atoms with Crippen LogP contribution in [0.3, 0.4) is 0 Å². The van der Waals surface area contributed by atoms with E-state index in [1.165, 1.54) is 0 Å². The Kier molecular flexibility index (Phi) is 5.56. The second-order valence-electron chi connectivity index (χ2n) is 6.75. The van der Waals surface area contributed by atoms with Crippen LogP contribution in [0.5, 0.6) is 5.75 Å². The quantitative estimate of drug-likeness (QED) is 0.400. The van der Waals surface area contributed by atoms with E-state index in [-0.39, 0.29) is 5.91 Å². The SMILES string of the molecule is CCCCOc1cccc(C(=O)Nc2ccc3oc(-c4ccccc4)nc3c2)c1. The first-order valence-corrected chi connectivity index (χ1v) is 9.73. The van der Waals surface area contributed by atoms with Crippen molar-refractivity contribution in [3.8, 4) is 17.2 Å². The van der Waals surface area contributed by atoms with Crippen LogP contribution in [0, 0.1) is 0 Å². The highest BCUT2D eigenvalue weighted by atomic mass is 16.5. The second kappa shape index (κ2) is 8.61. The van der Waals surface area contributed by atoms with Crippen molar-refractivity contribution in [1.29, 1.82) is 0 Å². The maximum atomic E-state index is 12.6. The Bertz CT molecular complexity index is 1120. The molecule has 0 saturated carbocycles. The number of hydrogen-bond donors (Lipinski definition) is 1. The zero-order valence-corrected chi connectivity index (χ0v) is 16.2. The zero-order chi connectivity index (χ0) is 20.1. The van der Waals surface area contributed by atoms with Crippen LogP contribution < -0.4 is 10.1 Å². The van der Waals surface area contributed by atoms with Gasteiger partial charge in [0.15, 0.2) is 5.58 Å². The van der Waals surface area contributed by atoms with Crippen molar-refractivity contribution in [1.82, 2.24) is 4.98 Å². The number of fused-ring (bicyclic) bond motifs is 1. The monoisotopic (exact) mass is 386 g/mol. The highest BCUT2D eigenvalue weighted by molar-refractivity contribution is 6.05. The van der Waals surface area contributed by atoms with Gasteiger partial charge >= 0.3 is 0 Å². The van der Waals surface area contributed by atoms with Crippen molar-refractivity contribution in [2.75, 3.05) is 11.9 Å². The number of hydrogen-bond acceptors (Lipinski definition) is 4. The minimum Gasteiger partial charge on any atom is -0.494 e. The van der Waals surface area contributed by atoms with E-state index in [0.29, 0.717) is 40.6 Å². The predicted molar refractivity (Wildman–Crippen MR) is 114 cm³/mol. The number of oxazole rings is 1. The molecule has 0 fully saturated rings. The van der Waals surface area contributed by atoms with Gasteiger partial charge in [0.2, 0.25) is 5.89 Å². The number of rotatable bonds is 7. The van der Waals surface area contributed by atoms with Gasteiger partial charge in [0.25, 0.3) is 5.91 Å². The van der Waals surface area contributed by atoms with Gasteiger partial charge < -0.3 is 14.5 Å². The normalized spacial score (nSPS) is 10.8. The van der Waals surface area contributed by atoms with Crippen molar-refractivity contribution < 1.29 is 13.9 Å². The van der Waals surface area contributed by atoms with Crippen LogP contribution in [0.15, 0.2) is 77.2 Å². The van der Waals surface area contributed by atoms with Crippen molar-refractivity contribution >= 4 is 22.7 Å². The van der Waals surface area contributed by atoms with Crippen LogP contribution >= 0.6 is 0 Å². The van der Waals surface area contributed by atoms with Gasteiger partial charge in [-0.2, -0.15) is 0 Å². The molecule has 0 saturated heterocycles. The fourth-order valence-corrected chi connectivity index (χ4v) is 2.97. The summed E-state index contributed by atoms with van der Waals surface area (Å²) in [4.78, 5) is 17.2. The molecular formula is C24H22N2O3. The molecule has 29 heavy (non-hydrogen) atoms. The van der Waals surface area contributed by atoms with Gasteiger partial charge in [0.05, 0.1) is 6.61 Å². The van der Waals surface area contributed by atoms with Gasteiger partial charge in [-0.15, -0.1) is 0 Å². The number of carbonyl (C=O) groups excluding carboxylic acids is 1. The summed E-state index contributed by atoms with van der Waals surface area (Å²) in [5.74, 6) is 1.06. The first kappa shape index (κ1) is 18.7. The average molecular weight is 386 g/mol. The number of anilines is 1. The van der Waals surface area contributed by atoms with Crippen LogP contribution in [-0.2, 0) is 0 Å². The molecule has 0 aliphatic rings.